The second-order valence-electron chi connectivity index (χ2n) is 3.93. The first-order valence-electron chi connectivity index (χ1n) is 5.53. The predicted octanol–water partition coefficient (Wildman–Crippen LogP) is 4.35. The molecule has 0 aliphatic carbocycles. The molecule has 0 heterocycles. The van der Waals surface area contributed by atoms with Crippen molar-refractivity contribution in [3.05, 3.63) is 70.0 Å². The van der Waals surface area contributed by atoms with Crippen molar-refractivity contribution >= 4 is 29.7 Å². The summed E-state index contributed by atoms with van der Waals surface area (Å²) in [4.78, 5) is 10.7. The fraction of sp³-hybridized carbons (Fsp3) is 0. The fourth-order valence-electron chi connectivity index (χ4n) is 1.57. The third-order valence-corrected chi connectivity index (χ3v) is 2.81. The standard InChI is InChI=1S/C15H10ClFO2/c16-12-6-3-10(4-7-12)1-2-11-5-8-13(15(18)19)14(17)9-11/h1-9H,(H,18,19)/b2-1+. The molecule has 0 amide bonds. The predicted molar refractivity (Wildman–Crippen MR) is 73.7 cm³/mol. The third kappa shape index (κ3) is 3.42. The summed E-state index contributed by atoms with van der Waals surface area (Å²) in [6.45, 7) is 0. The van der Waals surface area contributed by atoms with Crippen molar-refractivity contribution in [1.29, 1.82) is 0 Å². The van der Waals surface area contributed by atoms with E-state index in [-0.39, 0.29) is 5.56 Å². The van der Waals surface area contributed by atoms with Crippen LogP contribution < -0.4 is 0 Å². The summed E-state index contributed by atoms with van der Waals surface area (Å²) in [5, 5.41) is 9.37. The molecule has 2 aromatic rings. The molecule has 2 aromatic carbocycles. The molecule has 0 radical (unpaired) electrons. The van der Waals surface area contributed by atoms with E-state index in [0.29, 0.717) is 10.6 Å². The number of benzene rings is 2. The second kappa shape index (κ2) is 5.67. The van der Waals surface area contributed by atoms with Crippen molar-refractivity contribution in [2.75, 3.05) is 0 Å². The zero-order valence-electron chi connectivity index (χ0n) is 9.81. The summed E-state index contributed by atoms with van der Waals surface area (Å²) in [5.41, 5.74) is 1.19. The third-order valence-electron chi connectivity index (χ3n) is 2.56. The summed E-state index contributed by atoms with van der Waals surface area (Å²) >= 11 is 5.77. The number of rotatable bonds is 3. The van der Waals surface area contributed by atoms with Gasteiger partial charge < -0.3 is 5.11 Å². The molecule has 0 aliphatic heterocycles. The number of halogens is 2. The van der Waals surface area contributed by atoms with Gasteiger partial charge in [0.15, 0.2) is 0 Å². The molecule has 19 heavy (non-hydrogen) atoms. The van der Waals surface area contributed by atoms with Crippen molar-refractivity contribution in [3.8, 4) is 0 Å². The van der Waals surface area contributed by atoms with Crippen LogP contribution in [0.2, 0.25) is 5.02 Å². The van der Waals surface area contributed by atoms with Gasteiger partial charge in [-0.1, -0.05) is 42.0 Å². The molecule has 1 N–H and O–H groups in total. The summed E-state index contributed by atoms with van der Waals surface area (Å²) in [5.74, 6) is -2.02. The Kier molecular flexibility index (Phi) is 3.97. The van der Waals surface area contributed by atoms with E-state index < -0.39 is 11.8 Å². The first-order chi connectivity index (χ1) is 9.06. The Balaban J connectivity index is 2.22. The van der Waals surface area contributed by atoms with Gasteiger partial charge in [0.05, 0.1) is 5.56 Å². The Hall–Kier alpha value is -2.13. The quantitative estimate of drug-likeness (QED) is 0.846. The van der Waals surface area contributed by atoms with Crippen LogP contribution in [0.15, 0.2) is 42.5 Å². The topological polar surface area (TPSA) is 37.3 Å². The number of carboxylic acid groups (broad SMARTS) is 1. The summed E-state index contributed by atoms with van der Waals surface area (Å²) in [6, 6.07) is 11.2. The Morgan fingerprint density at radius 2 is 1.63 bits per heavy atom. The lowest BCUT2D eigenvalue weighted by Gasteiger charge is -1.99. The lowest BCUT2D eigenvalue weighted by molar-refractivity contribution is 0.0692. The molecule has 0 atom stereocenters. The molecule has 0 saturated heterocycles. The molecule has 0 fully saturated rings. The van der Waals surface area contributed by atoms with Crippen molar-refractivity contribution in [3.63, 3.8) is 0 Å². The van der Waals surface area contributed by atoms with Crippen molar-refractivity contribution in [2.24, 2.45) is 0 Å². The molecule has 96 valence electrons. The van der Waals surface area contributed by atoms with Gasteiger partial charge >= 0.3 is 5.97 Å². The Morgan fingerprint density at radius 1 is 1.05 bits per heavy atom. The molecule has 0 aromatic heterocycles. The van der Waals surface area contributed by atoms with Crippen LogP contribution >= 0.6 is 11.6 Å². The van der Waals surface area contributed by atoms with E-state index in [1.807, 2.05) is 12.1 Å². The van der Waals surface area contributed by atoms with Gasteiger partial charge in [0.1, 0.15) is 5.82 Å². The van der Waals surface area contributed by atoms with Gasteiger partial charge in [0, 0.05) is 5.02 Å². The lowest BCUT2D eigenvalue weighted by atomic mass is 10.1. The van der Waals surface area contributed by atoms with Crippen molar-refractivity contribution < 1.29 is 14.3 Å². The first kappa shape index (κ1) is 13.3. The highest BCUT2D eigenvalue weighted by Gasteiger charge is 2.09. The zero-order valence-corrected chi connectivity index (χ0v) is 10.6. The maximum atomic E-state index is 13.4. The minimum absolute atomic E-state index is 0.330. The molecule has 2 rings (SSSR count). The molecular weight excluding hydrogens is 267 g/mol. The van der Waals surface area contributed by atoms with Crippen LogP contribution in [0.25, 0.3) is 12.2 Å². The SMILES string of the molecule is O=C(O)c1ccc(/C=C/c2ccc(Cl)cc2)cc1F. The van der Waals surface area contributed by atoms with Gasteiger partial charge in [-0.3, -0.25) is 0 Å². The van der Waals surface area contributed by atoms with Gasteiger partial charge in [-0.15, -0.1) is 0 Å². The number of carboxylic acids is 1. The smallest absolute Gasteiger partial charge is 0.338 e. The zero-order chi connectivity index (χ0) is 13.8. The molecule has 0 spiro atoms. The van der Waals surface area contributed by atoms with E-state index in [0.717, 1.165) is 5.56 Å². The van der Waals surface area contributed by atoms with Crippen LogP contribution in [0, 0.1) is 5.82 Å². The van der Waals surface area contributed by atoms with E-state index in [9.17, 15) is 9.18 Å². The first-order valence-corrected chi connectivity index (χ1v) is 5.90. The van der Waals surface area contributed by atoms with E-state index in [2.05, 4.69) is 0 Å². The van der Waals surface area contributed by atoms with Gasteiger partial charge in [0.25, 0.3) is 0 Å². The van der Waals surface area contributed by atoms with Crippen LogP contribution in [0.4, 0.5) is 4.39 Å². The Bertz CT molecular complexity index is 633. The molecule has 0 unspecified atom stereocenters. The minimum Gasteiger partial charge on any atom is -0.478 e. The van der Waals surface area contributed by atoms with E-state index >= 15 is 0 Å². The lowest BCUT2D eigenvalue weighted by Crippen LogP contribution is -1.99. The normalized spacial score (nSPS) is 10.8. The molecule has 0 bridgehead atoms. The van der Waals surface area contributed by atoms with Gasteiger partial charge in [-0.25, -0.2) is 9.18 Å². The molecule has 2 nitrogen and oxygen atoms in total. The van der Waals surface area contributed by atoms with Crippen LogP contribution in [0.3, 0.4) is 0 Å². The van der Waals surface area contributed by atoms with Gasteiger partial charge in [-0.05, 0) is 35.4 Å². The highest BCUT2D eigenvalue weighted by Crippen LogP contribution is 2.15. The minimum atomic E-state index is -1.27. The van der Waals surface area contributed by atoms with Gasteiger partial charge in [0.2, 0.25) is 0 Å². The second-order valence-corrected chi connectivity index (χ2v) is 4.37. The van der Waals surface area contributed by atoms with Crippen LogP contribution in [-0.2, 0) is 0 Å². The van der Waals surface area contributed by atoms with Crippen LogP contribution in [0.5, 0.6) is 0 Å². The Morgan fingerprint density at radius 3 is 2.21 bits per heavy atom. The number of carbonyl (C=O) groups is 1. The molecular formula is C15H10ClFO2. The maximum Gasteiger partial charge on any atom is 0.338 e. The largest absolute Gasteiger partial charge is 0.478 e. The number of hydrogen-bond donors (Lipinski definition) is 1. The molecule has 0 aliphatic rings. The fourth-order valence-corrected chi connectivity index (χ4v) is 1.70. The highest BCUT2D eigenvalue weighted by molar-refractivity contribution is 6.30. The van der Waals surface area contributed by atoms with Gasteiger partial charge in [-0.2, -0.15) is 0 Å². The van der Waals surface area contributed by atoms with Crippen LogP contribution in [0.1, 0.15) is 21.5 Å². The Labute approximate surface area is 114 Å². The average molecular weight is 277 g/mol. The number of aromatic carboxylic acids is 1. The maximum absolute atomic E-state index is 13.4. The average Bonchev–Trinajstić information content (AvgIpc) is 2.37. The van der Waals surface area contributed by atoms with E-state index in [1.165, 1.54) is 12.1 Å². The summed E-state index contributed by atoms with van der Waals surface area (Å²) < 4.78 is 13.4. The van der Waals surface area contributed by atoms with Crippen molar-refractivity contribution in [1.82, 2.24) is 0 Å². The monoisotopic (exact) mass is 276 g/mol. The van der Waals surface area contributed by atoms with Crippen LogP contribution in [-0.4, -0.2) is 11.1 Å². The molecule has 4 heteroatoms. The summed E-state index contributed by atoms with van der Waals surface area (Å²) in [7, 11) is 0. The summed E-state index contributed by atoms with van der Waals surface area (Å²) in [6.07, 6.45) is 3.50. The molecule has 0 saturated carbocycles. The van der Waals surface area contributed by atoms with Crippen molar-refractivity contribution in [2.45, 2.75) is 0 Å². The van der Waals surface area contributed by atoms with E-state index in [1.54, 1.807) is 30.4 Å². The van der Waals surface area contributed by atoms with E-state index in [4.69, 9.17) is 16.7 Å². The number of hydrogen-bond acceptors (Lipinski definition) is 1. The highest BCUT2D eigenvalue weighted by atomic mass is 35.5.